The number of quaternary nitrogens is 1. The summed E-state index contributed by atoms with van der Waals surface area (Å²) in [6.45, 7) is 3.75. The highest BCUT2D eigenvalue weighted by Gasteiger charge is 2.20. The normalized spacial score (nSPS) is 17.5. The first kappa shape index (κ1) is 12.2. The van der Waals surface area contributed by atoms with E-state index in [0.29, 0.717) is 0 Å². The SMILES string of the molecule is CO[NH2+]c1cnc(F)cc1N1CCN(C)CC1. The van der Waals surface area contributed by atoms with E-state index < -0.39 is 5.95 Å². The van der Waals surface area contributed by atoms with Crippen molar-refractivity contribution in [2.45, 2.75) is 0 Å². The molecule has 0 saturated carbocycles. The summed E-state index contributed by atoms with van der Waals surface area (Å²) in [4.78, 5) is 13.1. The minimum absolute atomic E-state index is 0.452. The molecule has 1 aliphatic rings. The molecule has 1 saturated heterocycles. The van der Waals surface area contributed by atoms with Gasteiger partial charge in [0.25, 0.3) is 0 Å². The number of pyridine rings is 1. The lowest BCUT2D eigenvalue weighted by Crippen LogP contribution is -2.76. The number of hydrogen-bond acceptors (Lipinski definition) is 4. The summed E-state index contributed by atoms with van der Waals surface area (Å²) in [5.74, 6) is -0.452. The molecule has 2 rings (SSSR count). The lowest BCUT2D eigenvalue weighted by molar-refractivity contribution is -0.829. The van der Waals surface area contributed by atoms with E-state index in [4.69, 9.17) is 4.84 Å². The molecule has 5 nitrogen and oxygen atoms in total. The minimum atomic E-state index is -0.452. The molecule has 1 aromatic rings. The van der Waals surface area contributed by atoms with Crippen molar-refractivity contribution in [2.24, 2.45) is 0 Å². The number of anilines is 1. The average Bonchev–Trinajstić information content (AvgIpc) is 2.33. The van der Waals surface area contributed by atoms with Crippen LogP contribution in [0.1, 0.15) is 0 Å². The van der Waals surface area contributed by atoms with Gasteiger partial charge in [-0.2, -0.15) is 9.87 Å². The number of rotatable bonds is 3. The smallest absolute Gasteiger partial charge is 0.215 e. The number of likely N-dealkylation sites (N-methyl/N-ethyl adjacent to an activating group) is 1. The van der Waals surface area contributed by atoms with E-state index in [9.17, 15) is 4.39 Å². The summed E-state index contributed by atoms with van der Waals surface area (Å²) in [5, 5.41) is 0. The van der Waals surface area contributed by atoms with E-state index in [0.717, 1.165) is 37.6 Å². The fourth-order valence-corrected chi connectivity index (χ4v) is 1.97. The van der Waals surface area contributed by atoms with Gasteiger partial charge in [-0.25, -0.2) is 9.82 Å². The van der Waals surface area contributed by atoms with E-state index in [1.807, 2.05) is 0 Å². The third-order valence-electron chi connectivity index (χ3n) is 2.97. The van der Waals surface area contributed by atoms with Gasteiger partial charge in [0, 0.05) is 32.2 Å². The molecule has 17 heavy (non-hydrogen) atoms. The molecule has 6 heteroatoms. The van der Waals surface area contributed by atoms with Crippen molar-refractivity contribution in [1.82, 2.24) is 9.88 Å². The Hall–Kier alpha value is -1.24. The maximum absolute atomic E-state index is 13.2. The van der Waals surface area contributed by atoms with Crippen LogP contribution in [0.4, 0.5) is 15.8 Å². The molecule has 94 valence electrons. The van der Waals surface area contributed by atoms with Gasteiger partial charge in [0.05, 0.1) is 13.3 Å². The van der Waals surface area contributed by atoms with E-state index in [1.165, 1.54) is 12.3 Å². The quantitative estimate of drug-likeness (QED) is 0.584. The van der Waals surface area contributed by atoms with Crippen molar-refractivity contribution in [3.05, 3.63) is 18.2 Å². The zero-order valence-corrected chi connectivity index (χ0v) is 10.2. The van der Waals surface area contributed by atoms with Crippen molar-refractivity contribution in [3.8, 4) is 0 Å². The van der Waals surface area contributed by atoms with E-state index in [2.05, 4.69) is 21.8 Å². The van der Waals surface area contributed by atoms with Crippen LogP contribution in [-0.2, 0) is 4.84 Å². The zero-order chi connectivity index (χ0) is 12.3. The molecule has 0 unspecified atom stereocenters. The van der Waals surface area contributed by atoms with Gasteiger partial charge in [0.2, 0.25) is 11.6 Å². The van der Waals surface area contributed by atoms with E-state index in [1.54, 1.807) is 12.6 Å². The minimum Gasteiger partial charge on any atom is -0.364 e. The van der Waals surface area contributed by atoms with Gasteiger partial charge in [-0.3, -0.25) is 0 Å². The number of nitrogens with two attached hydrogens (primary N) is 1. The second-order valence-electron chi connectivity index (χ2n) is 4.21. The molecule has 0 amide bonds. The van der Waals surface area contributed by atoms with Crippen LogP contribution in [0.15, 0.2) is 12.3 Å². The molecule has 0 atom stereocenters. The van der Waals surface area contributed by atoms with Crippen molar-refractivity contribution >= 4 is 11.4 Å². The summed E-state index contributed by atoms with van der Waals surface area (Å²) in [7, 11) is 3.67. The van der Waals surface area contributed by atoms with Gasteiger partial charge in [-0.1, -0.05) is 0 Å². The first-order valence-corrected chi connectivity index (χ1v) is 5.66. The lowest BCUT2D eigenvalue weighted by atomic mass is 10.2. The van der Waals surface area contributed by atoms with Gasteiger partial charge in [0.1, 0.15) is 5.69 Å². The zero-order valence-electron chi connectivity index (χ0n) is 10.2. The second-order valence-corrected chi connectivity index (χ2v) is 4.21. The summed E-state index contributed by atoms with van der Waals surface area (Å²) < 4.78 is 13.2. The van der Waals surface area contributed by atoms with Crippen LogP contribution in [0.3, 0.4) is 0 Å². The third kappa shape index (κ3) is 2.91. The number of piperazine rings is 1. The first-order valence-electron chi connectivity index (χ1n) is 5.66. The third-order valence-corrected chi connectivity index (χ3v) is 2.97. The largest absolute Gasteiger partial charge is 0.364 e. The maximum atomic E-state index is 13.2. The van der Waals surface area contributed by atoms with Gasteiger partial charge in [-0.15, -0.1) is 0 Å². The number of halogens is 1. The standard InChI is InChI=1S/C11H17FN4O/c1-15-3-5-16(6-4-15)10-7-11(12)13-8-9(10)14-17-2/h7-8,14H,3-6H2,1-2H3/p+1. The Balaban J connectivity index is 2.20. The van der Waals surface area contributed by atoms with Crippen LogP contribution in [-0.4, -0.2) is 50.2 Å². The maximum Gasteiger partial charge on any atom is 0.215 e. The van der Waals surface area contributed by atoms with Crippen LogP contribution in [0.2, 0.25) is 0 Å². The molecule has 1 aromatic heterocycles. The number of hydrogen-bond donors (Lipinski definition) is 1. The number of aromatic nitrogens is 1. The topological polar surface area (TPSA) is 45.2 Å². The van der Waals surface area contributed by atoms with Crippen molar-refractivity contribution in [1.29, 1.82) is 0 Å². The lowest BCUT2D eigenvalue weighted by Gasteiger charge is -2.33. The van der Waals surface area contributed by atoms with Crippen LogP contribution < -0.4 is 10.4 Å². The van der Waals surface area contributed by atoms with Crippen LogP contribution in [0, 0.1) is 5.95 Å². The van der Waals surface area contributed by atoms with E-state index >= 15 is 0 Å². The monoisotopic (exact) mass is 241 g/mol. The number of nitrogens with zero attached hydrogens (tertiary/aromatic N) is 3. The summed E-state index contributed by atoms with van der Waals surface area (Å²) in [6.07, 6.45) is 1.51. The molecule has 1 aliphatic heterocycles. The molecule has 0 bridgehead atoms. The summed E-state index contributed by atoms with van der Waals surface area (Å²) >= 11 is 0. The highest BCUT2D eigenvalue weighted by molar-refractivity contribution is 5.61. The molecule has 0 aliphatic carbocycles. The highest BCUT2D eigenvalue weighted by atomic mass is 19.1. The van der Waals surface area contributed by atoms with Gasteiger partial charge < -0.3 is 9.80 Å². The molecule has 2 N–H and O–H groups in total. The van der Waals surface area contributed by atoms with Crippen LogP contribution >= 0.6 is 0 Å². The van der Waals surface area contributed by atoms with Crippen LogP contribution in [0.5, 0.6) is 0 Å². The van der Waals surface area contributed by atoms with Crippen molar-refractivity contribution in [3.63, 3.8) is 0 Å². The molecular formula is C11H18FN4O+. The Kier molecular flexibility index (Phi) is 3.88. The van der Waals surface area contributed by atoms with Gasteiger partial charge in [-0.05, 0) is 7.05 Å². The van der Waals surface area contributed by atoms with Crippen molar-refractivity contribution in [2.75, 3.05) is 45.2 Å². The van der Waals surface area contributed by atoms with Crippen LogP contribution in [0.25, 0.3) is 0 Å². The van der Waals surface area contributed by atoms with Gasteiger partial charge in [0.15, 0.2) is 0 Å². The molecule has 2 heterocycles. The fourth-order valence-electron chi connectivity index (χ4n) is 1.97. The Morgan fingerprint density at radius 3 is 2.71 bits per heavy atom. The Morgan fingerprint density at radius 1 is 1.35 bits per heavy atom. The second kappa shape index (κ2) is 5.39. The summed E-state index contributed by atoms with van der Waals surface area (Å²) in [5.41, 5.74) is 3.27. The molecule has 0 spiro atoms. The van der Waals surface area contributed by atoms with Gasteiger partial charge >= 0.3 is 0 Å². The molecule has 0 aromatic carbocycles. The Labute approximate surface area is 100 Å². The molecule has 0 radical (unpaired) electrons. The highest BCUT2D eigenvalue weighted by Crippen LogP contribution is 2.22. The molecule has 1 fully saturated rings. The predicted molar refractivity (Wildman–Crippen MR) is 62.5 cm³/mol. The first-order chi connectivity index (χ1) is 8.20. The fraction of sp³-hybridized carbons (Fsp3) is 0.545. The summed E-state index contributed by atoms with van der Waals surface area (Å²) in [6, 6.07) is 1.47. The average molecular weight is 241 g/mol. The Bertz CT molecular complexity index is 380. The van der Waals surface area contributed by atoms with E-state index in [-0.39, 0.29) is 0 Å². The predicted octanol–water partition coefficient (Wildman–Crippen LogP) is -0.271. The van der Waals surface area contributed by atoms with Crippen molar-refractivity contribution < 1.29 is 14.7 Å². The Morgan fingerprint density at radius 2 is 2.06 bits per heavy atom. The molecular weight excluding hydrogens is 223 g/mol.